The molecule has 114 valence electrons. The first kappa shape index (κ1) is 15.9. The number of aryl methyl sites for hydroxylation is 1. The summed E-state index contributed by atoms with van der Waals surface area (Å²) in [6.45, 7) is 6.07. The van der Waals surface area contributed by atoms with Crippen molar-refractivity contribution < 1.29 is 0 Å². The van der Waals surface area contributed by atoms with Crippen LogP contribution in [0.4, 0.5) is 5.69 Å². The van der Waals surface area contributed by atoms with Crippen LogP contribution in [0.25, 0.3) is 0 Å². The number of halogens is 1. The largest absolute Gasteiger partial charge is 0.375 e. The summed E-state index contributed by atoms with van der Waals surface area (Å²) in [6.07, 6.45) is 7.55. The Kier molecular flexibility index (Phi) is 5.68. The molecule has 0 aliphatic carbocycles. The minimum Gasteiger partial charge on any atom is -0.375 e. The van der Waals surface area contributed by atoms with E-state index in [0.29, 0.717) is 0 Å². The van der Waals surface area contributed by atoms with Gasteiger partial charge in [0.1, 0.15) is 5.82 Å². The Hall–Kier alpha value is -1.48. The zero-order chi connectivity index (χ0) is 15.2. The predicted octanol–water partition coefficient (Wildman–Crippen LogP) is 4.52. The topological polar surface area (TPSA) is 21.1 Å². The van der Waals surface area contributed by atoms with Gasteiger partial charge in [-0.25, -0.2) is 4.98 Å². The first-order valence-electron chi connectivity index (χ1n) is 7.59. The number of aromatic nitrogens is 2. The second-order valence-corrected chi connectivity index (χ2v) is 5.91. The van der Waals surface area contributed by atoms with E-state index in [4.69, 9.17) is 11.6 Å². The molecule has 1 aromatic heterocycles. The molecule has 1 heterocycles. The summed E-state index contributed by atoms with van der Waals surface area (Å²) >= 11 is 6.44. The molecule has 0 unspecified atom stereocenters. The molecule has 0 amide bonds. The molecule has 0 N–H and O–H groups in total. The van der Waals surface area contributed by atoms with Crippen molar-refractivity contribution >= 4 is 17.3 Å². The lowest BCUT2D eigenvalue weighted by molar-refractivity contribution is 0.705. The van der Waals surface area contributed by atoms with E-state index in [2.05, 4.69) is 46.6 Å². The third-order valence-corrected chi connectivity index (χ3v) is 4.19. The summed E-state index contributed by atoms with van der Waals surface area (Å²) in [7, 11) is 2.13. The fourth-order valence-corrected chi connectivity index (χ4v) is 2.62. The lowest BCUT2D eigenvalue weighted by Crippen LogP contribution is -2.18. The minimum atomic E-state index is 0.768. The van der Waals surface area contributed by atoms with Crippen molar-refractivity contribution in [1.29, 1.82) is 0 Å². The molecule has 0 fully saturated rings. The number of benzene rings is 1. The molecule has 0 saturated heterocycles. The monoisotopic (exact) mass is 305 g/mol. The fraction of sp³-hybridized carbons (Fsp3) is 0.471. The lowest BCUT2D eigenvalue weighted by atomic mass is 10.1. The van der Waals surface area contributed by atoms with Crippen LogP contribution in [-0.4, -0.2) is 23.1 Å². The molecule has 0 aliphatic rings. The Morgan fingerprint density at radius 2 is 2.10 bits per heavy atom. The van der Waals surface area contributed by atoms with Crippen molar-refractivity contribution in [1.82, 2.24) is 9.55 Å². The third-order valence-electron chi connectivity index (χ3n) is 3.84. The van der Waals surface area contributed by atoms with E-state index in [9.17, 15) is 0 Å². The number of hydrogen-bond donors (Lipinski definition) is 0. The summed E-state index contributed by atoms with van der Waals surface area (Å²) in [5.41, 5.74) is 2.31. The van der Waals surface area contributed by atoms with Crippen molar-refractivity contribution in [3.05, 3.63) is 47.0 Å². The smallest absolute Gasteiger partial charge is 0.105 e. The van der Waals surface area contributed by atoms with Gasteiger partial charge in [-0.3, -0.25) is 0 Å². The Bertz CT molecular complexity index is 577. The Labute approximate surface area is 132 Å². The number of anilines is 1. The first-order valence-corrected chi connectivity index (χ1v) is 7.97. The molecule has 0 bridgehead atoms. The van der Waals surface area contributed by atoms with Gasteiger partial charge in [0.15, 0.2) is 0 Å². The molecule has 2 aromatic rings. The van der Waals surface area contributed by atoms with Gasteiger partial charge in [0.2, 0.25) is 0 Å². The van der Waals surface area contributed by atoms with Gasteiger partial charge < -0.3 is 9.47 Å². The third kappa shape index (κ3) is 4.24. The maximum atomic E-state index is 6.44. The highest BCUT2D eigenvalue weighted by atomic mass is 35.5. The zero-order valence-corrected chi connectivity index (χ0v) is 13.9. The number of rotatable bonds is 7. The summed E-state index contributed by atoms with van der Waals surface area (Å²) in [5.74, 6) is 1.01. The highest BCUT2D eigenvalue weighted by Crippen LogP contribution is 2.24. The van der Waals surface area contributed by atoms with Crippen LogP contribution in [0.2, 0.25) is 5.02 Å². The van der Waals surface area contributed by atoms with Crippen LogP contribution in [-0.2, 0) is 6.54 Å². The van der Waals surface area contributed by atoms with Crippen molar-refractivity contribution in [3.8, 4) is 0 Å². The van der Waals surface area contributed by atoms with E-state index in [1.807, 2.05) is 19.3 Å². The molecule has 2 rings (SSSR count). The Morgan fingerprint density at radius 1 is 1.29 bits per heavy atom. The second kappa shape index (κ2) is 7.51. The molecule has 0 spiro atoms. The van der Waals surface area contributed by atoms with E-state index in [1.165, 1.54) is 24.9 Å². The molecule has 21 heavy (non-hydrogen) atoms. The average Bonchev–Trinajstić information content (AvgIpc) is 2.86. The molecular formula is C17H24ClN3. The lowest BCUT2D eigenvalue weighted by Gasteiger charge is -2.20. The van der Waals surface area contributed by atoms with Gasteiger partial charge in [-0.15, -0.1) is 0 Å². The highest BCUT2D eigenvalue weighted by molar-refractivity contribution is 6.31. The van der Waals surface area contributed by atoms with Crippen LogP contribution >= 0.6 is 11.6 Å². The average molecular weight is 306 g/mol. The minimum absolute atomic E-state index is 0.768. The van der Waals surface area contributed by atoms with E-state index < -0.39 is 0 Å². The molecule has 4 heteroatoms. The number of unbranched alkanes of at least 4 members (excludes halogenated alkanes) is 2. The molecule has 0 atom stereocenters. The van der Waals surface area contributed by atoms with Crippen LogP contribution in [0.3, 0.4) is 0 Å². The van der Waals surface area contributed by atoms with Gasteiger partial charge in [-0.1, -0.05) is 37.4 Å². The van der Waals surface area contributed by atoms with E-state index in [1.54, 1.807) is 0 Å². The van der Waals surface area contributed by atoms with Gasteiger partial charge in [0, 0.05) is 36.7 Å². The highest BCUT2D eigenvalue weighted by Gasteiger charge is 2.07. The maximum Gasteiger partial charge on any atom is 0.105 e. The van der Waals surface area contributed by atoms with E-state index in [-0.39, 0.29) is 0 Å². The Balaban J connectivity index is 2.05. The SMILES string of the molecule is CCCCCN(C)c1ccc(Cn2ccnc2C)c(Cl)c1. The van der Waals surface area contributed by atoms with Crippen molar-refractivity contribution in [2.24, 2.45) is 0 Å². The molecule has 1 aromatic carbocycles. The molecular weight excluding hydrogens is 282 g/mol. The standard InChI is InChI=1S/C17H24ClN3/c1-4-5-6-10-20(3)16-8-7-15(17(18)12-16)13-21-11-9-19-14(21)2/h7-9,11-12H,4-6,10,13H2,1-3H3. The van der Waals surface area contributed by atoms with Crippen LogP contribution in [0.1, 0.15) is 37.6 Å². The molecule has 3 nitrogen and oxygen atoms in total. The molecule has 0 saturated carbocycles. The zero-order valence-electron chi connectivity index (χ0n) is 13.1. The van der Waals surface area contributed by atoms with E-state index >= 15 is 0 Å². The van der Waals surface area contributed by atoms with Gasteiger partial charge in [0.25, 0.3) is 0 Å². The number of hydrogen-bond acceptors (Lipinski definition) is 2. The van der Waals surface area contributed by atoms with Gasteiger partial charge >= 0.3 is 0 Å². The maximum absolute atomic E-state index is 6.44. The second-order valence-electron chi connectivity index (χ2n) is 5.51. The summed E-state index contributed by atoms with van der Waals surface area (Å²) in [6, 6.07) is 6.34. The fourth-order valence-electron chi connectivity index (χ4n) is 2.38. The Morgan fingerprint density at radius 3 is 2.71 bits per heavy atom. The van der Waals surface area contributed by atoms with Crippen molar-refractivity contribution in [2.75, 3.05) is 18.5 Å². The van der Waals surface area contributed by atoms with Crippen molar-refractivity contribution in [2.45, 2.75) is 39.7 Å². The number of nitrogens with zero attached hydrogens (tertiary/aromatic N) is 3. The normalized spacial score (nSPS) is 10.9. The van der Waals surface area contributed by atoms with Crippen LogP contribution in [0.15, 0.2) is 30.6 Å². The molecule has 0 radical (unpaired) electrons. The molecule has 0 aliphatic heterocycles. The van der Waals surface area contributed by atoms with Gasteiger partial charge in [0.05, 0.1) is 6.54 Å². The number of imidazole rings is 1. The van der Waals surface area contributed by atoms with E-state index in [0.717, 1.165) is 29.5 Å². The van der Waals surface area contributed by atoms with Gasteiger partial charge in [-0.05, 0) is 31.0 Å². The predicted molar refractivity (Wildman–Crippen MR) is 90.3 cm³/mol. The first-order chi connectivity index (χ1) is 10.1. The quantitative estimate of drug-likeness (QED) is 0.701. The summed E-state index contributed by atoms with van der Waals surface area (Å²) in [5, 5.41) is 0.822. The van der Waals surface area contributed by atoms with Crippen molar-refractivity contribution in [3.63, 3.8) is 0 Å². The van der Waals surface area contributed by atoms with Crippen LogP contribution in [0, 0.1) is 6.92 Å². The van der Waals surface area contributed by atoms with Crippen LogP contribution < -0.4 is 4.90 Å². The summed E-state index contributed by atoms with van der Waals surface area (Å²) in [4.78, 5) is 6.51. The summed E-state index contributed by atoms with van der Waals surface area (Å²) < 4.78 is 2.10. The van der Waals surface area contributed by atoms with Gasteiger partial charge in [-0.2, -0.15) is 0 Å². The van der Waals surface area contributed by atoms with Crippen LogP contribution in [0.5, 0.6) is 0 Å².